The highest BCUT2D eigenvalue weighted by atomic mass is 16.5. The summed E-state index contributed by atoms with van der Waals surface area (Å²) in [6, 6.07) is 3.57. The molecule has 2 aromatic heterocycles. The van der Waals surface area contributed by atoms with E-state index < -0.39 is 0 Å². The van der Waals surface area contributed by atoms with Crippen LogP contribution in [0, 0.1) is 6.92 Å². The lowest BCUT2D eigenvalue weighted by molar-refractivity contribution is 0.0918. The summed E-state index contributed by atoms with van der Waals surface area (Å²) in [5, 5.41) is 10.0. The maximum absolute atomic E-state index is 12.1. The molecule has 3 rings (SSSR count). The van der Waals surface area contributed by atoms with E-state index in [2.05, 4.69) is 20.8 Å². The topological polar surface area (TPSA) is 92.5 Å². The zero-order chi connectivity index (χ0) is 16.8. The standard InChI is InChI=1S/C16H21N5O3/c1-12-11-17-3-2-13(12)18-4-5-19-16(22)14-10-15(20-24-14)21-6-8-23-9-7-21/h2-3,10-11H,4-9H2,1H3,(H,17,18)(H,19,22). The summed E-state index contributed by atoms with van der Waals surface area (Å²) >= 11 is 0. The summed E-state index contributed by atoms with van der Waals surface area (Å²) in [6.07, 6.45) is 3.53. The molecular formula is C16H21N5O3. The van der Waals surface area contributed by atoms with Crippen LogP contribution < -0.4 is 15.5 Å². The average molecular weight is 331 g/mol. The first-order chi connectivity index (χ1) is 11.7. The molecule has 1 aliphatic heterocycles. The lowest BCUT2D eigenvalue weighted by atomic mass is 10.2. The SMILES string of the molecule is Cc1cnccc1NCCNC(=O)c1cc(N2CCOCC2)no1. The van der Waals surface area contributed by atoms with Crippen LogP contribution in [0.15, 0.2) is 29.0 Å². The zero-order valence-corrected chi connectivity index (χ0v) is 13.6. The van der Waals surface area contributed by atoms with Gasteiger partial charge >= 0.3 is 0 Å². The fraction of sp³-hybridized carbons (Fsp3) is 0.438. The second kappa shape index (κ2) is 7.78. The fourth-order valence-electron chi connectivity index (χ4n) is 2.45. The number of anilines is 2. The molecule has 8 nitrogen and oxygen atoms in total. The first-order valence-corrected chi connectivity index (χ1v) is 7.96. The fourth-order valence-corrected chi connectivity index (χ4v) is 2.45. The number of nitrogens with zero attached hydrogens (tertiary/aromatic N) is 3. The number of aryl methyl sites for hydroxylation is 1. The van der Waals surface area contributed by atoms with Gasteiger partial charge in [-0.3, -0.25) is 9.78 Å². The van der Waals surface area contributed by atoms with Crippen LogP contribution in [0.4, 0.5) is 11.5 Å². The first kappa shape index (κ1) is 16.3. The molecule has 128 valence electrons. The molecule has 0 bridgehead atoms. The summed E-state index contributed by atoms with van der Waals surface area (Å²) in [5.41, 5.74) is 2.07. The van der Waals surface area contributed by atoms with Gasteiger partial charge in [-0.25, -0.2) is 0 Å². The molecule has 2 aromatic rings. The number of pyridine rings is 1. The molecule has 1 aliphatic rings. The van der Waals surface area contributed by atoms with Gasteiger partial charge in [0, 0.05) is 50.3 Å². The highest BCUT2D eigenvalue weighted by Crippen LogP contribution is 2.15. The van der Waals surface area contributed by atoms with E-state index in [1.54, 1.807) is 18.5 Å². The molecule has 1 saturated heterocycles. The molecule has 0 saturated carbocycles. The number of hydrogen-bond donors (Lipinski definition) is 2. The number of carbonyl (C=O) groups is 1. The van der Waals surface area contributed by atoms with Gasteiger partial charge in [-0.15, -0.1) is 0 Å². The Morgan fingerprint density at radius 3 is 2.96 bits per heavy atom. The van der Waals surface area contributed by atoms with Crippen molar-refractivity contribution in [2.24, 2.45) is 0 Å². The summed E-state index contributed by atoms with van der Waals surface area (Å²) in [6.45, 7) is 5.90. The van der Waals surface area contributed by atoms with Crippen LogP contribution in [0.1, 0.15) is 16.1 Å². The highest BCUT2D eigenvalue weighted by molar-refractivity contribution is 5.92. The summed E-state index contributed by atoms with van der Waals surface area (Å²) < 4.78 is 10.4. The number of carbonyl (C=O) groups excluding carboxylic acids is 1. The van der Waals surface area contributed by atoms with Crippen molar-refractivity contribution >= 4 is 17.4 Å². The Kier molecular flexibility index (Phi) is 5.27. The van der Waals surface area contributed by atoms with Crippen LogP contribution in [0.5, 0.6) is 0 Å². The van der Waals surface area contributed by atoms with Crippen LogP contribution in [0.2, 0.25) is 0 Å². The molecule has 0 aromatic carbocycles. The van der Waals surface area contributed by atoms with Crippen molar-refractivity contribution < 1.29 is 14.1 Å². The largest absolute Gasteiger partial charge is 0.383 e. The maximum atomic E-state index is 12.1. The van der Waals surface area contributed by atoms with Gasteiger partial charge in [-0.05, 0) is 18.6 Å². The molecule has 8 heteroatoms. The van der Waals surface area contributed by atoms with Crippen molar-refractivity contribution in [2.45, 2.75) is 6.92 Å². The van der Waals surface area contributed by atoms with Gasteiger partial charge in [0.15, 0.2) is 5.82 Å². The van der Waals surface area contributed by atoms with Gasteiger partial charge in [0.25, 0.3) is 5.91 Å². The van der Waals surface area contributed by atoms with Crippen molar-refractivity contribution in [1.29, 1.82) is 0 Å². The number of aromatic nitrogens is 2. The monoisotopic (exact) mass is 331 g/mol. The third-order valence-corrected chi connectivity index (χ3v) is 3.80. The van der Waals surface area contributed by atoms with Gasteiger partial charge in [-0.1, -0.05) is 5.16 Å². The number of rotatable bonds is 6. The van der Waals surface area contributed by atoms with Crippen molar-refractivity contribution in [3.05, 3.63) is 35.9 Å². The number of amides is 1. The number of ether oxygens (including phenoxy) is 1. The predicted octanol–water partition coefficient (Wildman–Crippen LogP) is 1.06. The Labute approximate surface area is 140 Å². The van der Waals surface area contributed by atoms with Crippen LogP contribution in [0.3, 0.4) is 0 Å². The minimum Gasteiger partial charge on any atom is -0.383 e. The van der Waals surface area contributed by atoms with E-state index in [1.807, 2.05) is 17.9 Å². The minimum absolute atomic E-state index is 0.219. The van der Waals surface area contributed by atoms with Gasteiger partial charge in [0.2, 0.25) is 5.76 Å². The van der Waals surface area contributed by atoms with Crippen molar-refractivity contribution in [3.63, 3.8) is 0 Å². The molecule has 1 amide bonds. The lowest BCUT2D eigenvalue weighted by Crippen LogP contribution is -2.36. The Morgan fingerprint density at radius 2 is 2.17 bits per heavy atom. The molecule has 0 aliphatic carbocycles. The van der Waals surface area contributed by atoms with Crippen LogP contribution in [-0.2, 0) is 4.74 Å². The number of hydrogen-bond acceptors (Lipinski definition) is 7. The maximum Gasteiger partial charge on any atom is 0.290 e. The second-order valence-electron chi connectivity index (χ2n) is 5.52. The lowest BCUT2D eigenvalue weighted by Gasteiger charge is -2.25. The van der Waals surface area contributed by atoms with Crippen LogP contribution in [-0.4, -0.2) is 55.4 Å². The summed E-state index contributed by atoms with van der Waals surface area (Å²) in [4.78, 5) is 18.2. The van der Waals surface area contributed by atoms with E-state index in [4.69, 9.17) is 9.26 Å². The Hall–Kier alpha value is -2.61. The highest BCUT2D eigenvalue weighted by Gasteiger charge is 2.18. The van der Waals surface area contributed by atoms with E-state index in [-0.39, 0.29) is 11.7 Å². The zero-order valence-electron chi connectivity index (χ0n) is 13.6. The van der Waals surface area contributed by atoms with Gasteiger partial charge in [0.05, 0.1) is 13.2 Å². The van der Waals surface area contributed by atoms with Gasteiger partial charge in [0.1, 0.15) is 0 Å². The quantitative estimate of drug-likeness (QED) is 0.765. The Balaban J connectivity index is 1.45. The van der Waals surface area contributed by atoms with Crippen molar-refractivity contribution in [2.75, 3.05) is 49.6 Å². The van der Waals surface area contributed by atoms with Crippen molar-refractivity contribution in [1.82, 2.24) is 15.5 Å². The predicted molar refractivity (Wildman–Crippen MR) is 89.3 cm³/mol. The number of nitrogens with one attached hydrogen (secondary N) is 2. The van der Waals surface area contributed by atoms with E-state index in [0.29, 0.717) is 32.1 Å². The average Bonchev–Trinajstić information content (AvgIpc) is 3.11. The molecule has 24 heavy (non-hydrogen) atoms. The van der Waals surface area contributed by atoms with Crippen LogP contribution >= 0.6 is 0 Å². The molecule has 0 spiro atoms. The van der Waals surface area contributed by atoms with Gasteiger partial charge < -0.3 is 24.8 Å². The summed E-state index contributed by atoms with van der Waals surface area (Å²) in [5.74, 6) is 0.626. The molecule has 1 fully saturated rings. The van der Waals surface area contributed by atoms with Crippen molar-refractivity contribution in [3.8, 4) is 0 Å². The first-order valence-electron chi connectivity index (χ1n) is 7.96. The van der Waals surface area contributed by atoms with E-state index in [9.17, 15) is 4.79 Å². The molecule has 0 unspecified atom stereocenters. The minimum atomic E-state index is -0.268. The molecule has 2 N–H and O–H groups in total. The molecular weight excluding hydrogens is 310 g/mol. The molecule has 0 atom stereocenters. The third-order valence-electron chi connectivity index (χ3n) is 3.80. The van der Waals surface area contributed by atoms with Crippen LogP contribution in [0.25, 0.3) is 0 Å². The normalized spacial score (nSPS) is 14.5. The molecule has 0 radical (unpaired) electrons. The molecule has 3 heterocycles. The van der Waals surface area contributed by atoms with Gasteiger partial charge in [-0.2, -0.15) is 0 Å². The Bertz CT molecular complexity index is 682. The third kappa shape index (κ3) is 4.02. The number of morpholine rings is 1. The van der Waals surface area contributed by atoms with E-state index in [0.717, 1.165) is 24.3 Å². The van der Waals surface area contributed by atoms with E-state index >= 15 is 0 Å². The Morgan fingerprint density at radius 1 is 1.33 bits per heavy atom. The smallest absolute Gasteiger partial charge is 0.290 e. The van der Waals surface area contributed by atoms with E-state index in [1.165, 1.54) is 0 Å². The summed E-state index contributed by atoms with van der Waals surface area (Å²) in [7, 11) is 0. The second-order valence-corrected chi connectivity index (χ2v) is 5.52.